The fraction of sp³-hybridized carbons (Fsp3) is 0.121. The van der Waals surface area contributed by atoms with Crippen molar-refractivity contribution in [2.75, 3.05) is 24.9 Å². The summed E-state index contributed by atoms with van der Waals surface area (Å²) in [4.78, 5) is 40.0. The third-order valence-corrected chi connectivity index (χ3v) is 7.45. The van der Waals surface area contributed by atoms with Gasteiger partial charge in [0, 0.05) is 45.1 Å². The second-order valence-electron chi connectivity index (χ2n) is 9.26. The van der Waals surface area contributed by atoms with E-state index in [0.717, 1.165) is 4.90 Å². The Morgan fingerprint density at radius 3 is 2.12 bits per heavy atom. The van der Waals surface area contributed by atoms with Crippen molar-refractivity contribution in [3.63, 3.8) is 0 Å². The van der Waals surface area contributed by atoms with Gasteiger partial charge in [0.15, 0.2) is 0 Å². The summed E-state index contributed by atoms with van der Waals surface area (Å²) in [7, 11) is 3.08. The maximum absolute atomic E-state index is 13.4. The average Bonchev–Trinajstić information content (AvgIpc) is 3.02. The van der Waals surface area contributed by atoms with Gasteiger partial charge in [-0.05, 0) is 61.0 Å². The SMILES string of the molecule is COc1cc(NC(=O)C(C)Sc2cccc(NC(=O)/C(=C/c3ccc(Cl)cc3)NC(=O)c3ccccc3)c2)cc(OC)c1. The molecule has 4 rings (SSSR count). The lowest BCUT2D eigenvalue weighted by Gasteiger charge is -2.15. The molecule has 0 aliphatic rings. The number of thioether (sulfide) groups is 1. The van der Waals surface area contributed by atoms with Gasteiger partial charge in [0.25, 0.3) is 11.8 Å². The van der Waals surface area contributed by atoms with E-state index in [9.17, 15) is 14.4 Å². The molecule has 0 aliphatic carbocycles. The Bertz CT molecular complexity index is 1610. The number of hydrogen-bond acceptors (Lipinski definition) is 6. The lowest BCUT2D eigenvalue weighted by atomic mass is 10.1. The predicted molar refractivity (Wildman–Crippen MR) is 172 cm³/mol. The van der Waals surface area contributed by atoms with E-state index in [1.807, 2.05) is 6.07 Å². The van der Waals surface area contributed by atoms with E-state index in [4.69, 9.17) is 21.1 Å². The Labute approximate surface area is 259 Å². The fourth-order valence-electron chi connectivity index (χ4n) is 3.89. The molecule has 3 amide bonds. The third-order valence-electron chi connectivity index (χ3n) is 6.10. The molecule has 4 aromatic rings. The summed E-state index contributed by atoms with van der Waals surface area (Å²) >= 11 is 7.34. The summed E-state index contributed by atoms with van der Waals surface area (Å²) in [6.07, 6.45) is 1.57. The van der Waals surface area contributed by atoms with E-state index >= 15 is 0 Å². The molecule has 1 unspecified atom stereocenters. The van der Waals surface area contributed by atoms with E-state index < -0.39 is 17.1 Å². The second kappa shape index (κ2) is 14.9. The molecule has 10 heteroatoms. The van der Waals surface area contributed by atoms with Crippen LogP contribution in [0.5, 0.6) is 11.5 Å². The van der Waals surface area contributed by atoms with Gasteiger partial charge in [-0.15, -0.1) is 11.8 Å². The van der Waals surface area contributed by atoms with Crippen LogP contribution in [0.1, 0.15) is 22.8 Å². The highest BCUT2D eigenvalue weighted by atomic mass is 35.5. The topological polar surface area (TPSA) is 106 Å². The van der Waals surface area contributed by atoms with Gasteiger partial charge in [-0.3, -0.25) is 14.4 Å². The van der Waals surface area contributed by atoms with Crippen LogP contribution in [0.25, 0.3) is 6.08 Å². The number of amides is 3. The zero-order chi connectivity index (χ0) is 30.8. The average molecular weight is 616 g/mol. The van der Waals surface area contributed by atoms with Crippen LogP contribution in [-0.4, -0.2) is 37.2 Å². The fourth-order valence-corrected chi connectivity index (χ4v) is 4.95. The molecule has 0 saturated carbocycles. The number of halogens is 1. The van der Waals surface area contributed by atoms with Crippen molar-refractivity contribution < 1.29 is 23.9 Å². The van der Waals surface area contributed by atoms with Gasteiger partial charge in [0.2, 0.25) is 5.91 Å². The van der Waals surface area contributed by atoms with Crippen LogP contribution in [0.4, 0.5) is 11.4 Å². The molecular formula is C33H30ClN3O5S. The van der Waals surface area contributed by atoms with Crippen LogP contribution in [-0.2, 0) is 9.59 Å². The first kappa shape index (κ1) is 31.2. The van der Waals surface area contributed by atoms with E-state index in [1.165, 1.54) is 26.0 Å². The first-order valence-electron chi connectivity index (χ1n) is 13.2. The van der Waals surface area contributed by atoms with Crippen LogP contribution in [0.15, 0.2) is 108 Å². The molecule has 4 aromatic carbocycles. The summed E-state index contributed by atoms with van der Waals surface area (Å²) in [5.74, 6) is -0.0369. The number of carbonyl (C=O) groups is 3. The number of ether oxygens (including phenoxy) is 2. The minimum Gasteiger partial charge on any atom is -0.497 e. The molecule has 43 heavy (non-hydrogen) atoms. The van der Waals surface area contributed by atoms with Crippen molar-refractivity contribution in [2.24, 2.45) is 0 Å². The largest absolute Gasteiger partial charge is 0.497 e. The smallest absolute Gasteiger partial charge is 0.272 e. The minimum absolute atomic E-state index is 0.0516. The number of carbonyl (C=O) groups excluding carboxylic acids is 3. The number of nitrogens with one attached hydrogen (secondary N) is 3. The maximum atomic E-state index is 13.4. The number of benzene rings is 4. The molecule has 220 valence electrons. The second-order valence-corrected chi connectivity index (χ2v) is 11.1. The number of rotatable bonds is 11. The lowest BCUT2D eigenvalue weighted by Crippen LogP contribution is -2.30. The summed E-state index contributed by atoms with van der Waals surface area (Å²) in [6.45, 7) is 1.79. The van der Waals surface area contributed by atoms with Gasteiger partial charge < -0.3 is 25.4 Å². The van der Waals surface area contributed by atoms with Crippen LogP contribution < -0.4 is 25.4 Å². The van der Waals surface area contributed by atoms with E-state index in [-0.39, 0.29) is 11.6 Å². The van der Waals surface area contributed by atoms with Crippen molar-refractivity contribution in [1.82, 2.24) is 5.32 Å². The molecule has 1 atom stereocenters. The van der Waals surface area contributed by atoms with Gasteiger partial charge >= 0.3 is 0 Å². The zero-order valence-corrected chi connectivity index (χ0v) is 25.3. The molecule has 0 radical (unpaired) electrons. The van der Waals surface area contributed by atoms with Crippen LogP contribution >= 0.6 is 23.4 Å². The van der Waals surface area contributed by atoms with Gasteiger partial charge in [0.1, 0.15) is 17.2 Å². The summed E-state index contributed by atoms with van der Waals surface area (Å²) in [5, 5.41) is 8.54. The molecule has 0 bridgehead atoms. The van der Waals surface area contributed by atoms with Crippen molar-refractivity contribution in [2.45, 2.75) is 17.1 Å². The quantitative estimate of drug-likeness (QED) is 0.125. The molecule has 0 aromatic heterocycles. The molecule has 0 heterocycles. The van der Waals surface area contributed by atoms with E-state index in [0.29, 0.717) is 39.0 Å². The summed E-state index contributed by atoms with van der Waals surface area (Å²) in [5.41, 5.74) is 2.19. The van der Waals surface area contributed by atoms with Crippen molar-refractivity contribution >= 4 is 58.5 Å². The van der Waals surface area contributed by atoms with Crippen LogP contribution in [0, 0.1) is 0 Å². The van der Waals surface area contributed by atoms with Gasteiger partial charge in [-0.1, -0.05) is 48.0 Å². The highest BCUT2D eigenvalue weighted by Gasteiger charge is 2.18. The Hall–Kier alpha value is -4.73. The van der Waals surface area contributed by atoms with Crippen molar-refractivity contribution in [3.05, 3.63) is 119 Å². The molecule has 3 N–H and O–H groups in total. The highest BCUT2D eigenvalue weighted by molar-refractivity contribution is 8.00. The van der Waals surface area contributed by atoms with Gasteiger partial charge in [-0.2, -0.15) is 0 Å². The van der Waals surface area contributed by atoms with Crippen molar-refractivity contribution in [1.29, 1.82) is 0 Å². The Kier molecular flexibility index (Phi) is 10.9. The molecular weight excluding hydrogens is 586 g/mol. The number of methoxy groups -OCH3 is 2. The first-order valence-corrected chi connectivity index (χ1v) is 14.5. The summed E-state index contributed by atoms with van der Waals surface area (Å²) in [6, 6.07) is 27.8. The van der Waals surface area contributed by atoms with Gasteiger partial charge in [-0.25, -0.2) is 0 Å². The van der Waals surface area contributed by atoms with Crippen molar-refractivity contribution in [3.8, 4) is 11.5 Å². The molecule has 0 aliphatic heterocycles. The zero-order valence-electron chi connectivity index (χ0n) is 23.7. The van der Waals surface area contributed by atoms with Gasteiger partial charge in [0.05, 0.1) is 19.5 Å². The standard InChI is InChI=1S/C33H30ClN3O5S/c1-21(31(38)36-26-17-27(41-2)20-28(18-26)42-3)43-29-11-7-10-25(19-29)35-33(40)30(16-22-12-14-24(34)15-13-22)37-32(39)23-8-5-4-6-9-23/h4-21H,1-3H3,(H,35,40)(H,36,38)(H,37,39)/b30-16-. The number of hydrogen-bond donors (Lipinski definition) is 3. The molecule has 0 spiro atoms. The Balaban J connectivity index is 1.47. The molecule has 0 fully saturated rings. The number of anilines is 2. The Morgan fingerprint density at radius 1 is 0.791 bits per heavy atom. The normalized spacial score (nSPS) is 11.7. The van der Waals surface area contributed by atoms with E-state index in [2.05, 4.69) is 16.0 Å². The monoisotopic (exact) mass is 615 g/mol. The Morgan fingerprint density at radius 2 is 1.47 bits per heavy atom. The lowest BCUT2D eigenvalue weighted by molar-refractivity contribution is -0.115. The molecule has 0 saturated heterocycles. The predicted octanol–water partition coefficient (Wildman–Crippen LogP) is 6.89. The van der Waals surface area contributed by atoms with Crippen LogP contribution in [0.3, 0.4) is 0 Å². The highest BCUT2D eigenvalue weighted by Crippen LogP contribution is 2.29. The van der Waals surface area contributed by atoms with Crippen LogP contribution in [0.2, 0.25) is 5.02 Å². The van der Waals surface area contributed by atoms with E-state index in [1.54, 1.807) is 104 Å². The molecule has 8 nitrogen and oxygen atoms in total. The maximum Gasteiger partial charge on any atom is 0.272 e. The third kappa shape index (κ3) is 9.13. The minimum atomic E-state index is -0.515. The summed E-state index contributed by atoms with van der Waals surface area (Å²) < 4.78 is 10.5. The first-order chi connectivity index (χ1) is 20.7.